The Kier molecular flexibility index (Phi) is 3.72. The third-order valence-corrected chi connectivity index (χ3v) is 2.52. The van der Waals surface area contributed by atoms with Gasteiger partial charge in [0.2, 0.25) is 0 Å². The van der Waals surface area contributed by atoms with E-state index in [4.69, 9.17) is 10.2 Å². The molecule has 0 radical (unpaired) electrons. The van der Waals surface area contributed by atoms with Crippen LogP contribution in [0.3, 0.4) is 0 Å². The van der Waals surface area contributed by atoms with Crippen LogP contribution in [0.1, 0.15) is 18.2 Å². The molecular formula is C12H16N4O. The minimum atomic E-state index is 0.399. The molecular weight excluding hydrogens is 216 g/mol. The van der Waals surface area contributed by atoms with Crippen molar-refractivity contribution < 1.29 is 4.42 Å². The molecule has 0 unspecified atom stereocenters. The van der Waals surface area contributed by atoms with E-state index in [-0.39, 0.29) is 0 Å². The fourth-order valence-electron chi connectivity index (χ4n) is 1.56. The second kappa shape index (κ2) is 5.45. The molecule has 17 heavy (non-hydrogen) atoms. The third kappa shape index (κ3) is 2.82. The summed E-state index contributed by atoms with van der Waals surface area (Å²) in [6.07, 6.45) is 5.17. The van der Waals surface area contributed by atoms with Gasteiger partial charge in [-0.25, -0.2) is 0 Å². The van der Waals surface area contributed by atoms with Crippen LogP contribution in [-0.4, -0.2) is 16.5 Å². The summed E-state index contributed by atoms with van der Waals surface area (Å²) in [7, 11) is 0. The SMILES string of the molecule is CCN(Cc1ccncc1)c1nc(CN)co1. The molecule has 0 saturated heterocycles. The van der Waals surface area contributed by atoms with E-state index in [1.807, 2.05) is 12.1 Å². The lowest BCUT2D eigenvalue weighted by atomic mass is 10.2. The topological polar surface area (TPSA) is 68.2 Å². The van der Waals surface area contributed by atoms with E-state index in [9.17, 15) is 0 Å². The number of anilines is 1. The van der Waals surface area contributed by atoms with Crippen molar-refractivity contribution in [2.24, 2.45) is 5.73 Å². The smallest absolute Gasteiger partial charge is 0.297 e. The lowest BCUT2D eigenvalue weighted by Gasteiger charge is -2.18. The van der Waals surface area contributed by atoms with Gasteiger partial charge in [0.25, 0.3) is 6.01 Å². The number of nitrogens with two attached hydrogens (primary N) is 1. The summed E-state index contributed by atoms with van der Waals surface area (Å²) < 4.78 is 5.40. The lowest BCUT2D eigenvalue weighted by Crippen LogP contribution is -2.22. The van der Waals surface area contributed by atoms with Crippen LogP contribution >= 0.6 is 0 Å². The predicted octanol–water partition coefficient (Wildman–Crippen LogP) is 1.55. The van der Waals surface area contributed by atoms with E-state index in [1.165, 1.54) is 5.56 Å². The van der Waals surface area contributed by atoms with Gasteiger partial charge in [0, 0.05) is 32.0 Å². The maximum atomic E-state index is 5.51. The number of hydrogen-bond acceptors (Lipinski definition) is 5. The standard InChI is InChI=1S/C12H16N4O/c1-2-16(8-10-3-5-14-6-4-10)12-15-11(7-13)9-17-12/h3-6,9H,2,7-8,13H2,1H3. The second-order valence-electron chi connectivity index (χ2n) is 3.70. The van der Waals surface area contributed by atoms with Crippen LogP contribution < -0.4 is 10.6 Å². The molecule has 0 amide bonds. The number of pyridine rings is 1. The van der Waals surface area contributed by atoms with Crippen LogP contribution in [0.4, 0.5) is 6.01 Å². The average Bonchev–Trinajstić information content (AvgIpc) is 2.86. The molecule has 0 aliphatic rings. The first-order valence-corrected chi connectivity index (χ1v) is 5.61. The van der Waals surface area contributed by atoms with Crippen molar-refractivity contribution >= 4 is 6.01 Å². The van der Waals surface area contributed by atoms with Crippen LogP contribution in [0.15, 0.2) is 35.2 Å². The minimum absolute atomic E-state index is 0.399. The first-order chi connectivity index (χ1) is 8.33. The molecule has 5 heteroatoms. The molecule has 2 N–H and O–H groups in total. The number of nitrogens with zero attached hydrogens (tertiary/aromatic N) is 3. The fraction of sp³-hybridized carbons (Fsp3) is 0.333. The number of oxazole rings is 1. The first-order valence-electron chi connectivity index (χ1n) is 5.61. The Morgan fingerprint density at radius 3 is 2.71 bits per heavy atom. The molecule has 2 aromatic rings. The van der Waals surface area contributed by atoms with Crippen LogP contribution in [0.25, 0.3) is 0 Å². The second-order valence-corrected chi connectivity index (χ2v) is 3.70. The number of aromatic nitrogens is 2. The molecule has 0 aliphatic carbocycles. The average molecular weight is 232 g/mol. The van der Waals surface area contributed by atoms with Crippen molar-refractivity contribution in [3.63, 3.8) is 0 Å². The zero-order valence-electron chi connectivity index (χ0n) is 9.84. The van der Waals surface area contributed by atoms with Gasteiger partial charge in [-0.15, -0.1) is 0 Å². The highest BCUT2D eigenvalue weighted by molar-refractivity contribution is 5.29. The Morgan fingerprint density at radius 1 is 1.35 bits per heavy atom. The quantitative estimate of drug-likeness (QED) is 0.847. The van der Waals surface area contributed by atoms with Crippen molar-refractivity contribution in [3.05, 3.63) is 42.0 Å². The van der Waals surface area contributed by atoms with Gasteiger partial charge in [0.15, 0.2) is 0 Å². The zero-order chi connectivity index (χ0) is 12.1. The summed E-state index contributed by atoms with van der Waals surface area (Å²) in [4.78, 5) is 10.4. The van der Waals surface area contributed by atoms with Gasteiger partial charge in [-0.05, 0) is 24.6 Å². The summed E-state index contributed by atoms with van der Waals surface area (Å²) in [5.74, 6) is 0. The molecule has 0 aromatic carbocycles. The zero-order valence-corrected chi connectivity index (χ0v) is 9.84. The molecule has 0 aliphatic heterocycles. The lowest BCUT2D eigenvalue weighted by molar-refractivity contribution is 0.534. The van der Waals surface area contributed by atoms with Crippen molar-refractivity contribution in [3.8, 4) is 0 Å². The summed E-state index contributed by atoms with van der Waals surface area (Å²) >= 11 is 0. The number of hydrogen-bond donors (Lipinski definition) is 1. The van der Waals surface area contributed by atoms with E-state index < -0.39 is 0 Å². The van der Waals surface area contributed by atoms with Crippen LogP contribution in [0.2, 0.25) is 0 Å². The van der Waals surface area contributed by atoms with Crippen molar-refractivity contribution in [2.75, 3.05) is 11.4 Å². The third-order valence-electron chi connectivity index (χ3n) is 2.52. The van der Waals surface area contributed by atoms with Gasteiger partial charge in [-0.1, -0.05) is 0 Å². The van der Waals surface area contributed by atoms with Gasteiger partial charge in [0.1, 0.15) is 6.26 Å². The van der Waals surface area contributed by atoms with Crippen LogP contribution in [-0.2, 0) is 13.1 Å². The summed E-state index contributed by atoms with van der Waals surface area (Å²) in [5.41, 5.74) is 7.45. The molecule has 0 saturated carbocycles. The largest absolute Gasteiger partial charge is 0.432 e. The van der Waals surface area contributed by atoms with E-state index >= 15 is 0 Å². The molecule has 2 aromatic heterocycles. The molecule has 5 nitrogen and oxygen atoms in total. The molecule has 0 spiro atoms. The molecule has 2 heterocycles. The summed E-state index contributed by atoms with van der Waals surface area (Å²) in [5, 5.41) is 0. The monoisotopic (exact) mass is 232 g/mol. The predicted molar refractivity (Wildman–Crippen MR) is 65.4 cm³/mol. The maximum Gasteiger partial charge on any atom is 0.297 e. The Morgan fingerprint density at radius 2 is 2.12 bits per heavy atom. The van der Waals surface area contributed by atoms with Gasteiger partial charge in [-0.2, -0.15) is 4.98 Å². The molecule has 90 valence electrons. The summed E-state index contributed by atoms with van der Waals surface area (Å²) in [6, 6.07) is 4.58. The number of rotatable bonds is 5. The molecule has 0 bridgehead atoms. The van der Waals surface area contributed by atoms with Gasteiger partial charge in [-0.3, -0.25) is 4.98 Å². The molecule has 0 fully saturated rings. The highest BCUT2D eigenvalue weighted by atomic mass is 16.4. The van der Waals surface area contributed by atoms with Crippen molar-refractivity contribution in [1.29, 1.82) is 0 Å². The molecule has 0 atom stereocenters. The van der Waals surface area contributed by atoms with E-state index in [1.54, 1.807) is 18.7 Å². The Labute approximate surface area is 100 Å². The van der Waals surface area contributed by atoms with Crippen molar-refractivity contribution in [1.82, 2.24) is 9.97 Å². The van der Waals surface area contributed by atoms with Crippen LogP contribution in [0.5, 0.6) is 0 Å². The highest BCUT2D eigenvalue weighted by Gasteiger charge is 2.11. The van der Waals surface area contributed by atoms with Crippen LogP contribution in [0, 0.1) is 0 Å². The minimum Gasteiger partial charge on any atom is -0.432 e. The maximum absolute atomic E-state index is 5.51. The van der Waals surface area contributed by atoms with E-state index in [0.29, 0.717) is 12.6 Å². The van der Waals surface area contributed by atoms with Gasteiger partial charge in [0.05, 0.1) is 5.69 Å². The highest BCUT2D eigenvalue weighted by Crippen LogP contribution is 2.15. The Bertz CT molecular complexity index is 455. The van der Waals surface area contributed by atoms with E-state index in [2.05, 4.69) is 21.8 Å². The summed E-state index contributed by atoms with van der Waals surface area (Å²) in [6.45, 7) is 4.04. The fourth-order valence-corrected chi connectivity index (χ4v) is 1.56. The molecule has 2 rings (SSSR count). The Balaban J connectivity index is 2.11. The van der Waals surface area contributed by atoms with Crippen molar-refractivity contribution in [2.45, 2.75) is 20.0 Å². The van der Waals surface area contributed by atoms with Gasteiger partial charge >= 0.3 is 0 Å². The van der Waals surface area contributed by atoms with Gasteiger partial charge < -0.3 is 15.1 Å². The van der Waals surface area contributed by atoms with E-state index in [0.717, 1.165) is 18.8 Å². The first kappa shape index (κ1) is 11.6. The normalized spacial score (nSPS) is 10.5. The Hall–Kier alpha value is -1.88.